The van der Waals surface area contributed by atoms with Crippen molar-refractivity contribution in [2.45, 2.75) is 20.0 Å². The van der Waals surface area contributed by atoms with Crippen molar-refractivity contribution >= 4 is 17.4 Å². The van der Waals surface area contributed by atoms with Crippen molar-refractivity contribution in [3.8, 4) is 0 Å². The summed E-state index contributed by atoms with van der Waals surface area (Å²) in [6.07, 6.45) is -4.51. The third-order valence-electron chi connectivity index (χ3n) is 4.96. The van der Waals surface area contributed by atoms with E-state index in [1.807, 2.05) is 6.07 Å². The Kier molecular flexibility index (Phi) is 5.30. The van der Waals surface area contributed by atoms with Crippen LogP contribution < -0.4 is 10.2 Å². The molecule has 1 aliphatic rings. The number of piperazine rings is 1. The molecule has 1 N–H and O–H groups in total. The molecule has 0 spiro atoms. The van der Waals surface area contributed by atoms with Crippen LogP contribution in [0.5, 0.6) is 0 Å². The molecule has 3 rings (SSSR count). The van der Waals surface area contributed by atoms with Crippen LogP contribution in [0.2, 0.25) is 0 Å². The Morgan fingerprint density at radius 2 is 1.63 bits per heavy atom. The molecule has 2 amide bonds. The van der Waals surface area contributed by atoms with Gasteiger partial charge in [0.1, 0.15) is 0 Å². The molecule has 0 aromatic heterocycles. The van der Waals surface area contributed by atoms with Gasteiger partial charge in [0.25, 0.3) is 0 Å². The van der Waals surface area contributed by atoms with Crippen LogP contribution in [0.25, 0.3) is 0 Å². The first kappa shape index (κ1) is 19.1. The molecule has 0 aliphatic carbocycles. The fraction of sp³-hybridized carbons (Fsp3) is 0.350. The van der Waals surface area contributed by atoms with E-state index in [1.165, 1.54) is 29.3 Å². The van der Waals surface area contributed by atoms with Crippen LogP contribution in [0.15, 0.2) is 42.5 Å². The number of nitrogens with zero attached hydrogens (tertiary/aromatic N) is 2. The van der Waals surface area contributed by atoms with E-state index in [9.17, 15) is 18.0 Å². The molecule has 0 atom stereocenters. The number of halogens is 3. The van der Waals surface area contributed by atoms with Crippen LogP contribution in [0, 0.1) is 13.8 Å². The van der Waals surface area contributed by atoms with Crippen LogP contribution in [0.1, 0.15) is 16.7 Å². The number of hydrogen-bond donors (Lipinski definition) is 1. The molecule has 7 heteroatoms. The highest BCUT2D eigenvalue weighted by atomic mass is 19.4. The lowest BCUT2D eigenvalue weighted by atomic mass is 10.1. The van der Waals surface area contributed by atoms with Gasteiger partial charge in [0.15, 0.2) is 0 Å². The second-order valence-electron chi connectivity index (χ2n) is 6.67. The molecular weight excluding hydrogens is 355 g/mol. The average molecular weight is 377 g/mol. The van der Waals surface area contributed by atoms with Crippen LogP contribution in [-0.2, 0) is 6.18 Å². The number of anilines is 2. The van der Waals surface area contributed by atoms with Crippen molar-refractivity contribution in [1.82, 2.24) is 4.90 Å². The fourth-order valence-corrected chi connectivity index (χ4v) is 3.26. The molecule has 2 aromatic rings. The average Bonchev–Trinajstić information content (AvgIpc) is 2.64. The van der Waals surface area contributed by atoms with Crippen molar-refractivity contribution in [1.29, 1.82) is 0 Å². The van der Waals surface area contributed by atoms with Crippen LogP contribution >= 0.6 is 0 Å². The van der Waals surface area contributed by atoms with Crippen molar-refractivity contribution in [2.24, 2.45) is 0 Å². The highest BCUT2D eigenvalue weighted by Crippen LogP contribution is 2.34. The predicted molar refractivity (Wildman–Crippen MR) is 100 cm³/mol. The van der Waals surface area contributed by atoms with E-state index in [-0.39, 0.29) is 5.69 Å². The van der Waals surface area contributed by atoms with E-state index < -0.39 is 17.8 Å². The zero-order valence-electron chi connectivity index (χ0n) is 15.3. The minimum Gasteiger partial charge on any atom is -0.368 e. The molecule has 27 heavy (non-hydrogen) atoms. The van der Waals surface area contributed by atoms with Gasteiger partial charge in [-0.2, -0.15) is 13.2 Å². The number of carbonyl (C=O) groups is 1. The smallest absolute Gasteiger partial charge is 0.368 e. The second kappa shape index (κ2) is 7.50. The maximum absolute atomic E-state index is 13.1. The van der Waals surface area contributed by atoms with Crippen molar-refractivity contribution < 1.29 is 18.0 Å². The lowest BCUT2D eigenvalue weighted by Gasteiger charge is -2.37. The number of benzene rings is 2. The summed E-state index contributed by atoms with van der Waals surface area (Å²) in [6.45, 7) is 6.30. The molecule has 4 nitrogen and oxygen atoms in total. The summed E-state index contributed by atoms with van der Waals surface area (Å²) in [5.74, 6) is 0. The topological polar surface area (TPSA) is 35.6 Å². The van der Waals surface area contributed by atoms with E-state index in [0.717, 1.165) is 11.8 Å². The Morgan fingerprint density at radius 3 is 2.30 bits per heavy atom. The van der Waals surface area contributed by atoms with Crippen LogP contribution in [0.4, 0.5) is 29.3 Å². The molecular formula is C20H22F3N3O. The summed E-state index contributed by atoms with van der Waals surface area (Å²) in [6, 6.07) is 10.6. The van der Waals surface area contributed by atoms with Gasteiger partial charge in [0.2, 0.25) is 0 Å². The number of aryl methyl sites for hydroxylation is 1. The van der Waals surface area contributed by atoms with Gasteiger partial charge in [-0.05, 0) is 43.2 Å². The van der Waals surface area contributed by atoms with Gasteiger partial charge >= 0.3 is 12.2 Å². The van der Waals surface area contributed by atoms with E-state index in [1.54, 1.807) is 4.90 Å². The number of carbonyl (C=O) groups excluding carboxylic acids is 1. The quantitative estimate of drug-likeness (QED) is 0.825. The largest absolute Gasteiger partial charge is 0.418 e. The highest BCUT2D eigenvalue weighted by molar-refractivity contribution is 5.90. The first-order valence-corrected chi connectivity index (χ1v) is 8.80. The van der Waals surface area contributed by atoms with E-state index >= 15 is 0 Å². The third kappa shape index (κ3) is 4.18. The summed E-state index contributed by atoms with van der Waals surface area (Å²) in [4.78, 5) is 16.2. The Labute approximate surface area is 156 Å². The van der Waals surface area contributed by atoms with Crippen molar-refractivity contribution in [3.63, 3.8) is 0 Å². The number of hydrogen-bond acceptors (Lipinski definition) is 2. The fourth-order valence-electron chi connectivity index (χ4n) is 3.26. The predicted octanol–water partition coefficient (Wildman–Crippen LogP) is 4.68. The van der Waals surface area contributed by atoms with Gasteiger partial charge in [-0.15, -0.1) is 0 Å². The maximum atomic E-state index is 13.1. The summed E-state index contributed by atoms with van der Waals surface area (Å²) >= 11 is 0. The van der Waals surface area contributed by atoms with Crippen LogP contribution in [0.3, 0.4) is 0 Å². The van der Waals surface area contributed by atoms with Gasteiger partial charge in [0, 0.05) is 31.9 Å². The summed E-state index contributed by atoms with van der Waals surface area (Å²) < 4.78 is 39.2. The van der Waals surface area contributed by atoms with Crippen molar-refractivity contribution in [2.75, 3.05) is 36.4 Å². The number of amides is 2. The molecule has 1 aliphatic heterocycles. The number of rotatable bonds is 2. The monoisotopic (exact) mass is 377 g/mol. The molecule has 144 valence electrons. The molecule has 0 saturated carbocycles. The first-order chi connectivity index (χ1) is 12.8. The van der Waals surface area contributed by atoms with Crippen molar-refractivity contribution in [3.05, 3.63) is 59.2 Å². The molecule has 0 bridgehead atoms. The number of alkyl halides is 3. The third-order valence-corrected chi connectivity index (χ3v) is 4.96. The lowest BCUT2D eigenvalue weighted by molar-refractivity contribution is -0.136. The lowest BCUT2D eigenvalue weighted by Crippen LogP contribution is -2.50. The maximum Gasteiger partial charge on any atom is 0.418 e. The number of urea groups is 1. The number of nitrogens with one attached hydrogen (secondary N) is 1. The zero-order chi connectivity index (χ0) is 19.6. The Balaban J connectivity index is 1.65. The van der Waals surface area contributed by atoms with Gasteiger partial charge in [-0.1, -0.05) is 24.3 Å². The van der Waals surface area contributed by atoms with E-state index in [4.69, 9.17) is 0 Å². The van der Waals surface area contributed by atoms with Gasteiger partial charge in [-0.3, -0.25) is 0 Å². The van der Waals surface area contributed by atoms with Crippen LogP contribution in [-0.4, -0.2) is 37.1 Å². The highest BCUT2D eigenvalue weighted by Gasteiger charge is 2.34. The SMILES string of the molecule is Cc1cccc(N2CCN(C(=O)Nc3ccccc3C(F)(F)F)CC2)c1C. The molecule has 2 aromatic carbocycles. The molecule has 1 fully saturated rings. The molecule has 0 radical (unpaired) electrons. The van der Waals surface area contributed by atoms with Gasteiger partial charge in [-0.25, -0.2) is 4.79 Å². The van der Waals surface area contributed by atoms with Gasteiger partial charge in [0.05, 0.1) is 11.3 Å². The zero-order valence-corrected chi connectivity index (χ0v) is 15.3. The first-order valence-electron chi connectivity index (χ1n) is 8.80. The van der Waals surface area contributed by atoms with E-state index in [2.05, 4.69) is 36.2 Å². The molecule has 1 heterocycles. The van der Waals surface area contributed by atoms with Gasteiger partial charge < -0.3 is 15.1 Å². The Hall–Kier alpha value is -2.70. The Morgan fingerprint density at radius 1 is 0.963 bits per heavy atom. The standard InChI is InChI=1S/C20H22F3N3O/c1-14-6-5-9-18(15(14)2)25-10-12-26(13-11-25)19(27)24-17-8-4-3-7-16(17)20(21,22)23/h3-9H,10-13H2,1-2H3,(H,24,27). The normalized spacial score (nSPS) is 15.0. The minimum absolute atomic E-state index is 0.216. The minimum atomic E-state index is -4.51. The molecule has 0 unspecified atom stereocenters. The Bertz CT molecular complexity index is 827. The second-order valence-corrected chi connectivity index (χ2v) is 6.67. The summed E-state index contributed by atoms with van der Waals surface area (Å²) in [7, 11) is 0. The van der Waals surface area contributed by atoms with E-state index in [0.29, 0.717) is 26.2 Å². The summed E-state index contributed by atoms with van der Waals surface area (Å²) in [5.41, 5.74) is 2.49. The number of para-hydroxylation sites is 1. The molecule has 1 saturated heterocycles. The summed E-state index contributed by atoms with van der Waals surface area (Å²) in [5, 5.41) is 2.41.